The van der Waals surface area contributed by atoms with E-state index in [2.05, 4.69) is 4.98 Å². The average Bonchev–Trinajstić information content (AvgIpc) is 2.98. The van der Waals surface area contributed by atoms with Gasteiger partial charge in [-0.15, -0.1) is 0 Å². The lowest BCUT2D eigenvalue weighted by molar-refractivity contribution is -0.136. The van der Waals surface area contributed by atoms with E-state index in [0.717, 1.165) is 31.4 Å². The molecule has 1 amide bonds. The maximum Gasteiger partial charge on any atom is 0.226 e. The fraction of sp³-hybridized carbons (Fsp3) is 0.600. The van der Waals surface area contributed by atoms with Crippen molar-refractivity contribution in [3.05, 3.63) is 30.1 Å². The molecule has 4 heteroatoms. The summed E-state index contributed by atoms with van der Waals surface area (Å²) in [5.41, 5.74) is 0.909. The van der Waals surface area contributed by atoms with Crippen molar-refractivity contribution in [2.75, 3.05) is 13.2 Å². The number of hydrogen-bond acceptors (Lipinski definition) is 3. The van der Waals surface area contributed by atoms with E-state index >= 15 is 0 Å². The Kier molecular flexibility index (Phi) is 5.33. The van der Waals surface area contributed by atoms with E-state index in [4.69, 9.17) is 5.11 Å². The lowest BCUT2D eigenvalue weighted by Gasteiger charge is -2.25. The number of rotatable bonds is 6. The Bertz CT molecular complexity index is 388. The third-order valence-electron chi connectivity index (χ3n) is 3.68. The third kappa shape index (κ3) is 4.03. The van der Waals surface area contributed by atoms with Crippen LogP contribution in [0.3, 0.4) is 0 Å². The first-order valence-corrected chi connectivity index (χ1v) is 7.11. The quantitative estimate of drug-likeness (QED) is 0.853. The smallest absolute Gasteiger partial charge is 0.226 e. The molecule has 1 aromatic rings. The SMILES string of the molecule is O=C(C1CCCC1)N(CCCO)Cc1ccccn1. The van der Waals surface area contributed by atoms with Crippen LogP contribution in [0.15, 0.2) is 24.4 Å². The molecule has 19 heavy (non-hydrogen) atoms. The van der Waals surface area contributed by atoms with Gasteiger partial charge in [0.05, 0.1) is 12.2 Å². The highest BCUT2D eigenvalue weighted by Crippen LogP contribution is 2.27. The van der Waals surface area contributed by atoms with E-state index in [1.54, 1.807) is 6.20 Å². The molecule has 1 aromatic heterocycles. The maximum atomic E-state index is 12.5. The molecule has 0 saturated heterocycles. The molecule has 1 aliphatic carbocycles. The van der Waals surface area contributed by atoms with Crippen molar-refractivity contribution < 1.29 is 9.90 Å². The summed E-state index contributed by atoms with van der Waals surface area (Å²) in [6, 6.07) is 5.75. The highest BCUT2D eigenvalue weighted by molar-refractivity contribution is 5.79. The average molecular weight is 262 g/mol. The van der Waals surface area contributed by atoms with Gasteiger partial charge in [0.15, 0.2) is 0 Å². The van der Waals surface area contributed by atoms with E-state index in [-0.39, 0.29) is 18.4 Å². The minimum absolute atomic E-state index is 0.122. The molecule has 0 aromatic carbocycles. The Morgan fingerprint density at radius 1 is 1.37 bits per heavy atom. The molecular formula is C15H22N2O2. The van der Waals surface area contributed by atoms with Crippen LogP contribution in [0, 0.1) is 5.92 Å². The molecule has 0 atom stereocenters. The number of nitrogens with zero attached hydrogens (tertiary/aromatic N) is 2. The van der Waals surface area contributed by atoms with Crippen LogP contribution in [0.5, 0.6) is 0 Å². The fourth-order valence-corrected chi connectivity index (χ4v) is 2.65. The van der Waals surface area contributed by atoms with Gasteiger partial charge in [-0.25, -0.2) is 0 Å². The number of carbonyl (C=O) groups is 1. The largest absolute Gasteiger partial charge is 0.396 e. The van der Waals surface area contributed by atoms with Crippen LogP contribution in [0.2, 0.25) is 0 Å². The Balaban J connectivity index is 2.00. The predicted molar refractivity (Wildman–Crippen MR) is 73.3 cm³/mol. The number of aliphatic hydroxyl groups excluding tert-OH is 1. The van der Waals surface area contributed by atoms with Gasteiger partial charge >= 0.3 is 0 Å². The van der Waals surface area contributed by atoms with Gasteiger partial charge in [0.25, 0.3) is 0 Å². The second-order valence-electron chi connectivity index (χ2n) is 5.14. The predicted octanol–water partition coefficient (Wildman–Crippen LogP) is 1.98. The van der Waals surface area contributed by atoms with Gasteiger partial charge in [-0.1, -0.05) is 18.9 Å². The van der Waals surface area contributed by atoms with Crippen molar-refractivity contribution in [3.63, 3.8) is 0 Å². The molecule has 1 saturated carbocycles. The normalized spacial score (nSPS) is 15.6. The summed E-state index contributed by atoms with van der Waals surface area (Å²) >= 11 is 0. The van der Waals surface area contributed by atoms with Crippen LogP contribution < -0.4 is 0 Å². The van der Waals surface area contributed by atoms with Crippen LogP contribution in [0.25, 0.3) is 0 Å². The Morgan fingerprint density at radius 3 is 2.79 bits per heavy atom. The monoisotopic (exact) mass is 262 g/mol. The summed E-state index contributed by atoms with van der Waals surface area (Å²) in [6.45, 7) is 1.29. The number of carbonyl (C=O) groups excluding carboxylic acids is 1. The van der Waals surface area contributed by atoms with E-state index < -0.39 is 0 Å². The summed E-state index contributed by atoms with van der Waals surface area (Å²) in [5.74, 6) is 0.416. The summed E-state index contributed by atoms with van der Waals surface area (Å²) in [7, 11) is 0. The number of pyridine rings is 1. The summed E-state index contributed by atoms with van der Waals surface area (Å²) < 4.78 is 0. The van der Waals surface area contributed by atoms with Crippen LogP contribution in [0.4, 0.5) is 0 Å². The Morgan fingerprint density at radius 2 is 2.16 bits per heavy atom. The first kappa shape index (κ1) is 14.0. The number of hydrogen-bond donors (Lipinski definition) is 1. The first-order valence-electron chi connectivity index (χ1n) is 7.11. The lowest BCUT2D eigenvalue weighted by atomic mass is 10.1. The van der Waals surface area contributed by atoms with Crippen LogP contribution in [-0.4, -0.2) is 34.0 Å². The van der Waals surface area contributed by atoms with Crippen LogP contribution in [0.1, 0.15) is 37.8 Å². The Labute approximate surface area is 114 Å². The molecule has 1 N–H and O–H groups in total. The van der Waals surface area contributed by atoms with Gasteiger partial charge in [-0.2, -0.15) is 0 Å². The molecule has 0 radical (unpaired) electrons. The molecule has 1 fully saturated rings. The number of aliphatic hydroxyl groups is 1. The fourth-order valence-electron chi connectivity index (χ4n) is 2.65. The molecular weight excluding hydrogens is 240 g/mol. The lowest BCUT2D eigenvalue weighted by Crippen LogP contribution is -2.36. The zero-order valence-corrected chi connectivity index (χ0v) is 11.3. The molecule has 104 valence electrons. The molecule has 0 bridgehead atoms. The standard InChI is InChI=1S/C15H22N2O2/c18-11-5-10-17(12-14-8-3-4-9-16-14)15(19)13-6-1-2-7-13/h3-4,8-9,13,18H,1-2,5-7,10-12H2. The highest BCUT2D eigenvalue weighted by Gasteiger charge is 2.27. The molecule has 2 rings (SSSR count). The zero-order valence-electron chi connectivity index (χ0n) is 11.3. The highest BCUT2D eigenvalue weighted by atomic mass is 16.3. The van der Waals surface area contributed by atoms with Gasteiger partial charge in [0.1, 0.15) is 0 Å². The van der Waals surface area contributed by atoms with Crippen LogP contribution >= 0.6 is 0 Å². The summed E-state index contributed by atoms with van der Waals surface area (Å²) in [6.07, 6.45) is 6.72. The van der Waals surface area contributed by atoms with Gasteiger partial charge in [-0.3, -0.25) is 9.78 Å². The van der Waals surface area contributed by atoms with E-state index in [0.29, 0.717) is 19.5 Å². The van der Waals surface area contributed by atoms with Crippen molar-refractivity contribution in [1.82, 2.24) is 9.88 Å². The first-order chi connectivity index (χ1) is 9.31. The molecule has 0 unspecified atom stereocenters. The van der Waals surface area contributed by atoms with Gasteiger partial charge in [0, 0.05) is 25.3 Å². The number of aromatic nitrogens is 1. The summed E-state index contributed by atoms with van der Waals surface area (Å²) in [4.78, 5) is 18.6. The van der Waals surface area contributed by atoms with Crippen molar-refractivity contribution >= 4 is 5.91 Å². The minimum Gasteiger partial charge on any atom is -0.396 e. The van der Waals surface area contributed by atoms with Crippen molar-refractivity contribution in [1.29, 1.82) is 0 Å². The molecule has 0 spiro atoms. The topological polar surface area (TPSA) is 53.4 Å². The van der Waals surface area contributed by atoms with E-state index in [1.165, 1.54) is 0 Å². The minimum atomic E-state index is 0.122. The van der Waals surface area contributed by atoms with Crippen LogP contribution in [-0.2, 0) is 11.3 Å². The number of amides is 1. The molecule has 0 aliphatic heterocycles. The zero-order chi connectivity index (χ0) is 13.5. The van der Waals surface area contributed by atoms with Gasteiger partial charge in [0.2, 0.25) is 5.91 Å². The molecule has 4 nitrogen and oxygen atoms in total. The van der Waals surface area contributed by atoms with Gasteiger partial charge in [-0.05, 0) is 31.4 Å². The Hall–Kier alpha value is -1.42. The molecule has 1 aliphatic rings. The van der Waals surface area contributed by atoms with Crippen molar-refractivity contribution in [3.8, 4) is 0 Å². The summed E-state index contributed by atoms with van der Waals surface area (Å²) in [5, 5.41) is 8.97. The second kappa shape index (κ2) is 7.24. The van der Waals surface area contributed by atoms with Crippen molar-refractivity contribution in [2.24, 2.45) is 5.92 Å². The van der Waals surface area contributed by atoms with E-state index in [9.17, 15) is 4.79 Å². The van der Waals surface area contributed by atoms with Crippen molar-refractivity contribution in [2.45, 2.75) is 38.6 Å². The second-order valence-corrected chi connectivity index (χ2v) is 5.14. The van der Waals surface area contributed by atoms with E-state index in [1.807, 2.05) is 23.1 Å². The third-order valence-corrected chi connectivity index (χ3v) is 3.68. The molecule has 1 heterocycles. The maximum absolute atomic E-state index is 12.5. The van der Waals surface area contributed by atoms with Gasteiger partial charge < -0.3 is 10.0 Å².